The molecule has 1 fully saturated rings. The molecule has 1 atom stereocenters. The molecule has 0 aromatic heterocycles. The number of nitrogens with zero attached hydrogens (tertiary/aromatic N) is 2. The quantitative estimate of drug-likeness (QED) is 0.397. The highest BCUT2D eigenvalue weighted by Crippen LogP contribution is 2.36. The normalized spacial score (nSPS) is 14.6. The van der Waals surface area contributed by atoms with E-state index in [2.05, 4.69) is 17.0 Å². The molecule has 3 aromatic carbocycles. The lowest BCUT2D eigenvalue weighted by molar-refractivity contribution is -0.151. The third-order valence-corrected chi connectivity index (χ3v) is 6.65. The summed E-state index contributed by atoms with van der Waals surface area (Å²) in [5.74, 6) is -0.552. The van der Waals surface area contributed by atoms with E-state index in [1.807, 2.05) is 78.9 Å². The van der Waals surface area contributed by atoms with Crippen LogP contribution in [0.3, 0.4) is 0 Å². The molecular formula is C26H26N2O3S. The Labute approximate surface area is 193 Å². The molecule has 1 amide bonds. The summed E-state index contributed by atoms with van der Waals surface area (Å²) in [4.78, 5) is 30.6. The van der Waals surface area contributed by atoms with Gasteiger partial charge in [-0.2, -0.15) is 0 Å². The smallest absolute Gasteiger partial charge is 0.324 e. The topological polar surface area (TPSA) is 49.9 Å². The molecule has 1 saturated heterocycles. The zero-order valence-electron chi connectivity index (χ0n) is 17.8. The zero-order valence-corrected chi connectivity index (χ0v) is 18.6. The summed E-state index contributed by atoms with van der Waals surface area (Å²) < 4.78 is 5.49. The number of amides is 1. The van der Waals surface area contributed by atoms with Crippen LogP contribution in [-0.4, -0.2) is 49.6 Å². The Kier molecular flexibility index (Phi) is 7.46. The summed E-state index contributed by atoms with van der Waals surface area (Å²) in [5, 5.41) is -0.527. The first-order valence-electron chi connectivity index (χ1n) is 10.7. The van der Waals surface area contributed by atoms with Gasteiger partial charge in [0.25, 0.3) is 5.91 Å². The van der Waals surface area contributed by atoms with Crippen LogP contribution in [0, 0.1) is 0 Å². The number of rotatable bonds is 7. The zero-order chi connectivity index (χ0) is 22.2. The molecule has 0 N–H and O–H groups in total. The van der Waals surface area contributed by atoms with Gasteiger partial charge in [0.2, 0.25) is 0 Å². The molecular weight excluding hydrogens is 420 g/mol. The Morgan fingerprint density at radius 3 is 1.97 bits per heavy atom. The van der Waals surface area contributed by atoms with Crippen molar-refractivity contribution in [1.82, 2.24) is 4.90 Å². The van der Waals surface area contributed by atoms with Crippen molar-refractivity contribution in [3.63, 3.8) is 0 Å². The monoisotopic (exact) mass is 446 g/mol. The average molecular weight is 447 g/mol. The van der Waals surface area contributed by atoms with Gasteiger partial charge in [0.1, 0.15) is 5.25 Å². The van der Waals surface area contributed by atoms with Crippen LogP contribution in [0.15, 0.2) is 95.9 Å². The van der Waals surface area contributed by atoms with E-state index in [1.54, 1.807) is 4.90 Å². The second kappa shape index (κ2) is 10.9. The fourth-order valence-corrected chi connectivity index (χ4v) is 4.71. The van der Waals surface area contributed by atoms with Crippen molar-refractivity contribution in [1.29, 1.82) is 0 Å². The number of benzene rings is 3. The van der Waals surface area contributed by atoms with Crippen LogP contribution in [0.25, 0.3) is 0 Å². The fraction of sp³-hybridized carbons (Fsp3) is 0.231. The van der Waals surface area contributed by atoms with Crippen LogP contribution < -0.4 is 4.90 Å². The number of piperazine rings is 1. The second-order valence-corrected chi connectivity index (χ2v) is 8.71. The van der Waals surface area contributed by atoms with Crippen LogP contribution in [-0.2, 0) is 14.3 Å². The Balaban J connectivity index is 1.33. The minimum Gasteiger partial charge on any atom is -0.454 e. The Bertz CT molecular complexity index is 1010. The van der Waals surface area contributed by atoms with E-state index < -0.39 is 11.2 Å². The van der Waals surface area contributed by atoms with Gasteiger partial charge >= 0.3 is 5.97 Å². The molecule has 0 aliphatic carbocycles. The summed E-state index contributed by atoms with van der Waals surface area (Å²) in [6, 6.07) is 29.5. The summed E-state index contributed by atoms with van der Waals surface area (Å²) in [5.41, 5.74) is 2.02. The first-order valence-corrected chi connectivity index (χ1v) is 11.6. The van der Waals surface area contributed by atoms with E-state index in [1.165, 1.54) is 11.8 Å². The summed E-state index contributed by atoms with van der Waals surface area (Å²) in [6.07, 6.45) is 0. The molecule has 3 aromatic rings. The van der Waals surface area contributed by atoms with E-state index in [4.69, 9.17) is 4.74 Å². The molecule has 6 heteroatoms. The molecule has 1 aliphatic rings. The van der Waals surface area contributed by atoms with Gasteiger partial charge in [-0.05, 0) is 29.8 Å². The highest BCUT2D eigenvalue weighted by atomic mass is 32.2. The molecule has 1 aliphatic heterocycles. The number of hydrogen-bond acceptors (Lipinski definition) is 5. The molecule has 4 rings (SSSR count). The van der Waals surface area contributed by atoms with Gasteiger partial charge in [-0.15, -0.1) is 11.8 Å². The summed E-state index contributed by atoms with van der Waals surface area (Å²) in [7, 11) is 0. The number of hydrogen-bond donors (Lipinski definition) is 0. The van der Waals surface area contributed by atoms with E-state index in [0.29, 0.717) is 13.1 Å². The SMILES string of the molecule is O=C(OCC(=O)N1CCN(c2ccccc2)CC1)C(Sc1ccccc1)c1ccccc1. The maximum absolute atomic E-state index is 13.0. The lowest BCUT2D eigenvalue weighted by Crippen LogP contribution is -2.50. The van der Waals surface area contributed by atoms with Gasteiger partial charge in [-0.1, -0.05) is 66.7 Å². The van der Waals surface area contributed by atoms with E-state index in [-0.39, 0.29) is 12.5 Å². The number of carbonyl (C=O) groups is 2. The van der Waals surface area contributed by atoms with E-state index in [0.717, 1.165) is 29.2 Å². The lowest BCUT2D eigenvalue weighted by atomic mass is 10.1. The summed E-state index contributed by atoms with van der Waals surface area (Å²) >= 11 is 1.43. The average Bonchev–Trinajstić information content (AvgIpc) is 2.87. The van der Waals surface area contributed by atoms with E-state index >= 15 is 0 Å². The van der Waals surface area contributed by atoms with Crippen molar-refractivity contribution < 1.29 is 14.3 Å². The van der Waals surface area contributed by atoms with Crippen molar-refractivity contribution in [2.24, 2.45) is 0 Å². The fourth-order valence-electron chi connectivity index (χ4n) is 3.67. The first kappa shape index (κ1) is 22.0. The third-order valence-electron chi connectivity index (χ3n) is 5.41. The van der Waals surface area contributed by atoms with Crippen molar-refractivity contribution >= 4 is 29.3 Å². The predicted octanol–water partition coefficient (Wildman–Crippen LogP) is 4.41. The number of esters is 1. The Hall–Kier alpha value is -3.25. The lowest BCUT2D eigenvalue weighted by Gasteiger charge is -2.36. The van der Waals surface area contributed by atoms with Gasteiger partial charge in [-0.25, -0.2) is 0 Å². The molecule has 32 heavy (non-hydrogen) atoms. The van der Waals surface area contributed by atoms with Crippen molar-refractivity contribution in [3.05, 3.63) is 96.6 Å². The number of anilines is 1. The minimum absolute atomic E-state index is 0.150. The van der Waals surface area contributed by atoms with Crippen molar-refractivity contribution in [3.8, 4) is 0 Å². The number of ether oxygens (including phenoxy) is 1. The maximum Gasteiger partial charge on any atom is 0.324 e. The molecule has 164 valence electrons. The van der Waals surface area contributed by atoms with Crippen LogP contribution >= 0.6 is 11.8 Å². The number of para-hydroxylation sites is 1. The van der Waals surface area contributed by atoms with Crippen LogP contribution in [0.1, 0.15) is 10.8 Å². The van der Waals surface area contributed by atoms with Gasteiger partial charge in [0.05, 0.1) is 0 Å². The Morgan fingerprint density at radius 2 is 1.34 bits per heavy atom. The van der Waals surface area contributed by atoms with E-state index in [9.17, 15) is 9.59 Å². The van der Waals surface area contributed by atoms with Crippen LogP contribution in [0.2, 0.25) is 0 Å². The molecule has 5 nitrogen and oxygen atoms in total. The van der Waals surface area contributed by atoms with Crippen molar-refractivity contribution in [2.75, 3.05) is 37.7 Å². The van der Waals surface area contributed by atoms with Gasteiger partial charge < -0.3 is 14.5 Å². The second-order valence-electron chi connectivity index (χ2n) is 7.53. The number of thioether (sulfide) groups is 1. The molecule has 1 unspecified atom stereocenters. The predicted molar refractivity (Wildman–Crippen MR) is 128 cm³/mol. The van der Waals surface area contributed by atoms with Crippen LogP contribution in [0.5, 0.6) is 0 Å². The Morgan fingerprint density at radius 1 is 0.781 bits per heavy atom. The minimum atomic E-state index is -0.527. The largest absolute Gasteiger partial charge is 0.454 e. The standard InChI is InChI=1S/C26H26N2O3S/c29-24(28-18-16-27(17-19-28)22-12-6-2-7-13-22)20-31-26(30)25(21-10-4-1-5-11-21)32-23-14-8-3-9-15-23/h1-15,25H,16-20H2. The van der Waals surface area contributed by atoms with Crippen molar-refractivity contribution in [2.45, 2.75) is 10.1 Å². The molecule has 0 bridgehead atoms. The third kappa shape index (κ3) is 5.71. The molecule has 1 heterocycles. The molecule has 0 spiro atoms. The summed E-state index contributed by atoms with van der Waals surface area (Å²) in [6.45, 7) is 2.53. The van der Waals surface area contributed by atoms with Gasteiger partial charge in [-0.3, -0.25) is 9.59 Å². The first-order chi connectivity index (χ1) is 15.7. The van der Waals surface area contributed by atoms with Crippen LogP contribution in [0.4, 0.5) is 5.69 Å². The molecule has 0 saturated carbocycles. The maximum atomic E-state index is 13.0. The van der Waals surface area contributed by atoms with Gasteiger partial charge in [0, 0.05) is 36.8 Å². The highest BCUT2D eigenvalue weighted by molar-refractivity contribution is 8.00. The number of carbonyl (C=O) groups excluding carboxylic acids is 2. The van der Waals surface area contributed by atoms with Gasteiger partial charge in [0.15, 0.2) is 6.61 Å². The highest BCUT2D eigenvalue weighted by Gasteiger charge is 2.26. The molecule has 0 radical (unpaired) electrons.